The van der Waals surface area contributed by atoms with Crippen molar-refractivity contribution in [1.82, 2.24) is 0 Å². The van der Waals surface area contributed by atoms with Gasteiger partial charge < -0.3 is 0 Å². The Balaban J connectivity index is 1.81. The first-order valence-electron chi connectivity index (χ1n) is 9.71. The molecule has 0 saturated carbocycles. The summed E-state index contributed by atoms with van der Waals surface area (Å²) in [6, 6.07) is 17.1. The van der Waals surface area contributed by atoms with Gasteiger partial charge in [0.25, 0.3) is 0 Å². The van der Waals surface area contributed by atoms with Crippen LogP contribution in [0, 0.1) is 0 Å². The van der Waals surface area contributed by atoms with E-state index in [0.29, 0.717) is 0 Å². The Labute approximate surface area is 158 Å². The molecular weight excluding hydrogens is 316 g/mol. The molecule has 0 fully saturated rings. The van der Waals surface area contributed by atoms with Gasteiger partial charge in [-0.15, -0.1) is 0 Å². The maximum Gasteiger partial charge on any atom is 0.0568 e. The summed E-state index contributed by atoms with van der Waals surface area (Å²) >= 11 is 0. The van der Waals surface area contributed by atoms with Crippen molar-refractivity contribution in [3.05, 3.63) is 82.9 Å². The highest BCUT2D eigenvalue weighted by Crippen LogP contribution is 2.08. The maximum absolute atomic E-state index is 4.16. The zero-order valence-electron chi connectivity index (χ0n) is 16.1. The molecule has 0 aliphatic carbocycles. The zero-order valence-corrected chi connectivity index (χ0v) is 16.1. The molecule has 0 saturated heterocycles. The standard InChI is InChI=1S/C24H30N2/c1-3-5-7-8-10-22-13-17-24(18-14-22)20-26-25-19-23-15-11-21(12-16-23)9-6-4-2/h5,7,11-20H,3-4,6,8-10H2,1-2H3. The van der Waals surface area contributed by atoms with Crippen LogP contribution >= 0.6 is 0 Å². The summed E-state index contributed by atoms with van der Waals surface area (Å²) in [5.74, 6) is 0. The molecule has 0 N–H and O–H groups in total. The molecule has 2 aromatic carbocycles. The number of benzene rings is 2. The van der Waals surface area contributed by atoms with Crippen LogP contribution in [0.15, 0.2) is 70.9 Å². The maximum atomic E-state index is 4.16. The third kappa shape index (κ3) is 7.60. The second-order valence-corrected chi connectivity index (χ2v) is 6.49. The van der Waals surface area contributed by atoms with Crippen LogP contribution in [0.1, 0.15) is 61.8 Å². The van der Waals surface area contributed by atoms with E-state index in [-0.39, 0.29) is 0 Å². The Morgan fingerprint density at radius 1 is 0.692 bits per heavy atom. The molecule has 0 atom stereocenters. The molecule has 2 nitrogen and oxygen atoms in total. The topological polar surface area (TPSA) is 24.7 Å². The number of hydrogen-bond acceptors (Lipinski definition) is 2. The fourth-order valence-electron chi connectivity index (χ4n) is 2.66. The molecule has 0 spiro atoms. The number of rotatable bonds is 10. The summed E-state index contributed by atoms with van der Waals surface area (Å²) in [5, 5.41) is 8.31. The second kappa shape index (κ2) is 12.0. The van der Waals surface area contributed by atoms with Gasteiger partial charge in [0, 0.05) is 0 Å². The van der Waals surface area contributed by atoms with E-state index in [2.05, 4.69) is 84.7 Å². The van der Waals surface area contributed by atoms with E-state index >= 15 is 0 Å². The molecule has 0 amide bonds. The minimum absolute atomic E-state index is 1.07. The lowest BCUT2D eigenvalue weighted by atomic mass is 10.1. The van der Waals surface area contributed by atoms with E-state index in [0.717, 1.165) is 36.8 Å². The quantitative estimate of drug-likeness (QED) is 0.271. The summed E-state index contributed by atoms with van der Waals surface area (Å²) in [4.78, 5) is 0. The Kier molecular flexibility index (Phi) is 9.13. The van der Waals surface area contributed by atoms with Crippen molar-refractivity contribution in [1.29, 1.82) is 0 Å². The van der Waals surface area contributed by atoms with Crippen LogP contribution in [-0.4, -0.2) is 12.4 Å². The number of aryl methyl sites for hydroxylation is 2. The van der Waals surface area contributed by atoms with Gasteiger partial charge in [0.2, 0.25) is 0 Å². The Morgan fingerprint density at radius 3 is 1.73 bits per heavy atom. The van der Waals surface area contributed by atoms with Crippen LogP contribution in [0.25, 0.3) is 0 Å². The molecule has 2 rings (SSSR count). The monoisotopic (exact) mass is 346 g/mol. The third-order valence-electron chi connectivity index (χ3n) is 4.26. The molecule has 0 heterocycles. The van der Waals surface area contributed by atoms with E-state index in [4.69, 9.17) is 0 Å². The van der Waals surface area contributed by atoms with Crippen LogP contribution in [0.3, 0.4) is 0 Å². The lowest BCUT2D eigenvalue weighted by Gasteiger charge is -1.99. The predicted octanol–water partition coefficient (Wildman–Crippen LogP) is 6.38. The van der Waals surface area contributed by atoms with Crippen LogP contribution in [-0.2, 0) is 12.8 Å². The van der Waals surface area contributed by atoms with Gasteiger partial charge in [-0.3, -0.25) is 0 Å². The first-order chi connectivity index (χ1) is 12.8. The number of allylic oxidation sites excluding steroid dienone is 2. The van der Waals surface area contributed by atoms with Gasteiger partial charge in [0.1, 0.15) is 0 Å². The predicted molar refractivity (Wildman–Crippen MR) is 114 cm³/mol. The fraction of sp³-hybridized carbons (Fsp3) is 0.333. The summed E-state index contributed by atoms with van der Waals surface area (Å²) in [7, 11) is 0. The fourth-order valence-corrected chi connectivity index (χ4v) is 2.66. The van der Waals surface area contributed by atoms with Crippen LogP contribution in [0.2, 0.25) is 0 Å². The van der Waals surface area contributed by atoms with E-state index in [9.17, 15) is 0 Å². The largest absolute Gasteiger partial charge is 0.159 e. The van der Waals surface area contributed by atoms with Crippen molar-refractivity contribution < 1.29 is 0 Å². The highest BCUT2D eigenvalue weighted by Gasteiger charge is 1.93. The first kappa shape index (κ1) is 19.8. The highest BCUT2D eigenvalue weighted by molar-refractivity contribution is 5.82. The van der Waals surface area contributed by atoms with Gasteiger partial charge in [0.05, 0.1) is 12.4 Å². The van der Waals surface area contributed by atoms with Gasteiger partial charge in [0.15, 0.2) is 0 Å². The lowest BCUT2D eigenvalue weighted by Crippen LogP contribution is -1.87. The van der Waals surface area contributed by atoms with Crippen LogP contribution < -0.4 is 0 Å². The van der Waals surface area contributed by atoms with Gasteiger partial charge in [-0.25, -0.2) is 0 Å². The van der Waals surface area contributed by atoms with Gasteiger partial charge >= 0.3 is 0 Å². The van der Waals surface area contributed by atoms with Gasteiger partial charge in [-0.2, -0.15) is 10.2 Å². The average Bonchev–Trinajstić information content (AvgIpc) is 2.69. The molecule has 0 aliphatic heterocycles. The second-order valence-electron chi connectivity index (χ2n) is 6.49. The molecule has 0 aliphatic rings. The normalized spacial score (nSPS) is 11.9. The highest BCUT2D eigenvalue weighted by atomic mass is 15.2. The summed E-state index contributed by atoms with van der Waals surface area (Å²) < 4.78 is 0. The zero-order chi connectivity index (χ0) is 18.5. The molecule has 0 radical (unpaired) electrons. The molecule has 136 valence electrons. The minimum Gasteiger partial charge on any atom is -0.159 e. The van der Waals surface area contributed by atoms with Crippen molar-refractivity contribution in [2.45, 2.75) is 52.4 Å². The molecule has 26 heavy (non-hydrogen) atoms. The smallest absolute Gasteiger partial charge is 0.0568 e. The first-order valence-corrected chi connectivity index (χ1v) is 9.71. The van der Waals surface area contributed by atoms with E-state index in [1.165, 1.54) is 24.0 Å². The Hall–Kier alpha value is -2.48. The number of unbranched alkanes of at least 4 members (excludes halogenated alkanes) is 1. The van der Waals surface area contributed by atoms with Crippen molar-refractivity contribution in [2.24, 2.45) is 10.2 Å². The summed E-state index contributed by atoms with van der Waals surface area (Å²) in [5.41, 5.74) is 4.90. The Morgan fingerprint density at radius 2 is 1.23 bits per heavy atom. The van der Waals surface area contributed by atoms with Crippen LogP contribution in [0.5, 0.6) is 0 Å². The van der Waals surface area contributed by atoms with Crippen molar-refractivity contribution >= 4 is 12.4 Å². The van der Waals surface area contributed by atoms with E-state index < -0.39 is 0 Å². The number of nitrogens with zero attached hydrogens (tertiary/aromatic N) is 2. The number of hydrogen-bond donors (Lipinski definition) is 0. The lowest BCUT2D eigenvalue weighted by molar-refractivity contribution is 0.795. The van der Waals surface area contributed by atoms with Crippen molar-refractivity contribution in [3.8, 4) is 0 Å². The molecule has 0 aromatic heterocycles. The molecule has 2 aromatic rings. The van der Waals surface area contributed by atoms with Crippen LogP contribution in [0.4, 0.5) is 0 Å². The molecule has 0 bridgehead atoms. The van der Waals surface area contributed by atoms with Crippen molar-refractivity contribution in [2.75, 3.05) is 0 Å². The third-order valence-corrected chi connectivity index (χ3v) is 4.26. The summed E-state index contributed by atoms with van der Waals surface area (Å²) in [6.45, 7) is 4.38. The molecular formula is C24H30N2. The Bertz CT molecular complexity index is 707. The van der Waals surface area contributed by atoms with E-state index in [1.807, 2.05) is 0 Å². The van der Waals surface area contributed by atoms with Gasteiger partial charge in [-0.1, -0.05) is 81.0 Å². The average molecular weight is 347 g/mol. The minimum atomic E-state index is 1.07. The van der Waals surface area contributed by atoms with E-state index in [1.54, 1.807) is 12.4 Å². The van der Waals surface area contributed by atoms with Crippen molar-refractivity contribution in [3.63, 3.8) is 0 Å². The SMILES string of the molecule is CCC=CCCc1ccc(C=NN=Cc2ccc(CCCC)cc2)cc1. The summed E-state index contributed by atoms with van der Waals surface area (Å²) in [6.07, 6.45) is 15.0. The molecule has 0 unspecified atom stereocenters. The molecule has 2 heteroatoms. The van der Waals surface area contributed by atoms with Gasteiger partial charge in [-0.05, 0) is 54.4 Å².